The molecule has 1 aliphatic rings. The maximum Gasteiger partial charge on any atom is 0.259 e. The molecule has 0 aromatic heterocycles. The first-order valence-corrected chi connectivity index (χ1v) is 6.85. The van der Waals surface area contributed by atoms with Gasteiger partial charge in [-0.2, -0.15) is 5.26 Å². The van der Waals surface area contributed by atoms with Gasteiger partial charge in [-0.3, -0.25) is 4.79 Å². The molecule has 0 aliphatic heterocycles. The van der Waals surface area contributed by atoms with Gasteiger partial charge in [0.1, 0.15) is 11.4 Å². The first-order valence-electron chi connectivity index (χ1n) is 6.85. The van der Waals surface area contributed by atoms with Gasteiger partial charge in [-0.15, -0.1) is 0 Å². The predicted octanol–water partition coefficient (Wildman–Crippen LogP) is 2.69. The molecule has 21 heavy (non-hydrogen) atoms. The van der Waals surface area contributed by atoms with Gasteiger partial charge in [0.25, 0.3) is 5.91 Å². The lowest BCUT2D eigenvalue weighted by Crippen LogP contribution is -2.50. The Morgan fingerprint density at radius 1 is 1.33 bits per heavy atom. The minimum Gasteiger partial charge on any atom is -0.481 e. The Hall–Kier alpha value is -2.16. The predicted molar refractivity (Wildman–Crippen MR) is 71.4 cm³/mol. The van der Waals surface area contributed by atoms with Crippen LogP contribution in [-0.4, -0.2) is 18.1 Å². The highest BCUT2D eigenvalue weighted by Crippen LogP contribution is 2.27. The number of halogens is 2. The van der Waals surface area contributed by atoms with E-state index in [-0.39, 0.29) is 5.75 Å². The fourth-order valence-corrected chi connectivity index (χ4v) is 2.46. The largest absolute Gasteiger partial charge is 0.481 e. The fourth-order valence-electron chi connectivity index (χ4n) is 2.46. The van der Waals surface area contributed by atoms with Crippen molar-refractivity contribution in [2.45, 2.75) is 37.6 Å². The van der Waals surface area contributed by atoms with Crippen molar-refractivity contribution in [3.05, 3.63) is 29.8 Å². The van der Waals surface area contributed by atoms with Crippen LogP contribution in [0.3, 0.4) is 0 Å². The van der Waals surface area contributed by atoms with Crippen molar-refractivity contribution >= 4 is 5.91 Å². The SMILES string of the molecule is N#CC1(NC(=O)COc2ccc(F)cc2F)CCCCC1. The number of carbonyl (C=O) groups excluding carboxylic acids is 1. The van der Waals surface area contributed by atoms with Crippen molar-refractivity contribution in [3.63, 3.8) is 0 Å². The van der Waals surface area contributed by atoms with Crippen LogP contribution in [0.25, 0.3) is 0 Å². The van der Waals surface area contributed by atoms with E-state index in [2.05, 4.69) is 11.4 Å². The number of carbonyl (C=O) groups is 1. The molecule has 0 heterocycles. The molecule has 112 valence electrons. The lowest BCUT2D eigenvalue weighted by molar-refractivity contribution is -0.124. The molecule has 1 fully saturated rings. The van der Waals surface area contributed by atoms with Crippen LogP contribution in [0.2, 0.25) is 0 Å². The van der Waals surface area contributed by atoms with Crippen molar-refractivity contribution in [2.24, 2.45) is 0 Å². The lowest BCUT2D eigenvalue weighted by Gasteiger charge is -2.31. The van der Waals surface area contributed by atoms with Gasteiger partial charge < -0.3 is 10.1 Å². The summed E-state index contributed by atoms with van der Waals surface area (Å²) in [6.07, 6.45) is 4.06. The zero-order chi connectivity index (χ0) is 15.3. The summed E-state index contributed by atoms with van der Waals surface area (Å²) in [4.78, 5) is 11.8. The minimum atomic E-state index is -0.865. The Morgan fingerprint density at radius 3 is 2.67 bits per heavy atom. The third-order valence-electron chi connectivity index (χ3n) is 3.55. The Morgan fingerprint density at radius 2 is 2.05 bits per heavy atom. The summed E-state index contributed by atoms with van der Waals surface area (Å²) in [7, 11) is 0. The highest BCUT2D eigenvalue weighted by atomic mass is 19.1. The summed E-state index contributed by atoms with van der Waals surface area (Å²) in [6, 6.07) is 5.01. The second-order valence-corrected chi connectivity index (χ2v) is 5.17. The molecular weight excluding hydrogens is 278 g/mol. The number of benzene rings is 1. The summed E-state index contributed by atoms with van der Waals surface area (Å²) in [6.45, 7) is -0.411. The van der Waals surface area contributed by atoms with Crippen LogP contribution in [0, 0.1) is 23.0 Å². The van der Waals surface area contributed by atoms with Crippen LogP contribution in [0.5, 0.6) is 5.75 Å². The number of hydrogen-bond acceptors (Lipinski definition) is 3. The molecule has 2 rings (SSSR count). The molecule has 1 amide bonds. The number of amides is 1. The third kappa shape index (κ3) is 3.91. The average molecular weight is 294 g/mol. The molecule has 1 aliphatic carbocycles. The summed E-state index contributed by atoms with van der Waals surface area (Å²) in [5, 5.41) is 11.9. The molecule has 0 atom stereocenters. The van der Waals surface area contributed by atoms with Gasteiger partial charge >= 0.3 is 0 Å². The summed E-state index contributed by atoms with van der Waals surface area (Å²) >= 11 is 0. The normalized spacial score (nSPS) is 16.8. The number of nitriles is 1. The van der Waals surface area contributed by atoms with Gasteiger partial charge in [-0.1, -0.05) is 19.3 Å². The zero-order valence-electron chi connectivity index (χ0n) is 11.5. The van der Waals surface area contributed by atoms with Crippen molar-refractivity contribution in [1.29, 1.82) is 5.26 Å². The first kappa shape index (κ1) is 15.2. The maximum atomic E-state index is 13.4. The highest BCUT2D eigenvalue weighted by molar-refractivity contribution is 5.78. The molecular formula is C15H16F2N2O2. The Balaban J connectivity index is 1.91. The number of ether oxygens (including phenoxy) is 1. The van der Waals surface area contributed by atoms with Crippen molar-refractivity contribution < 1.29 is 18.3 Å². The molecule has 4 nitrogen and oxygen atoms in total. The van der Waals surface area contributed by atoms with Gasteiger partial charge in [0.2, 0.25) is 0 Å². The van der Waals surface area contributed by atoms with Gasteiger partial charge in [0.15, 0.2) is 18.2 Å². The molecule has 0 unspecified atom stereocenters. The van der Waals surface area contributed by atoms with Crippen LogP contribution in [-0.2, 0) is 4.79 Å². The van der Waals surface area contributed by atoms with Crippen LogP contribution >= 0.6 is 0 Å². The van der Waals surface area contributed by atoms with E-state index < -0.39 is 29.7 Å². The molecule has 0 spiro atoms. The van der Waals surface area contributed by atoms with Gasteiger partial charge in [0.05, 0.1) is 6.07 Å². The maximum absolute atomic E-state index is 13.4. The molecule has 1 aromatic rings. The first-order chi connectivity index (χ1) is 10.0. The molecule has 0 bridgehead atoms. The average Bonchev–Trinajstić information content (AvgIpc) is 2.47. The van der Waals surface area contributed by atoms with E-state index in [0.29, 0.717) is 18.9 Å². The number of hydrogen-bond donors (Lipinski definition) is 1. The molecule has 0 radical (unpaired) electrons. The van der Waals surface area contributed by atoms with Crippen LogP contribution in [0.15, 0.2) is 18.2 Å². The van der Waals surface area contributed by atoms with E-state index in [0.717, 1.165) is 31.4 Å². The second-order valence-electron chi connectivity index (χ2n) is 5.17. The van der Waals surface area contributed by atoms with Crippen LogP contribution < -0.4 is 10.1 Å². The van der Waals surface area contributed by atoms with Crippen LogP contribution in [0.1, 0.15) is 32.1 Å². The smallest absolute Gasteiger partial charge is 0.259 e. The Labute approximate surface area is 121 Å². The summed E-state index contributed by atoms with van der Waals surface area (Å²) in [5.74, 6) is -2.26. The quantitative estimate of drug-likeness (QED) is 0.928. The van der Waals surface area contributed by atoms with Crippen molar-refractivity contribution in [1.82, 2.24) is 5.32 Å². The van der Waals surface area contributed by atoms with Gasteiger partial charge in [-0.05, 0) is 25.0 Å². The molecule has 1 aromatic carbocycles. The molecule has 1 N–H and O–H groups in total. The number of rotatable bonds is 4. The third-order valence-corrected chi connectivity index (χ3v) is 3.55. The van der Waals surface area contributed by atoms with Crippen LogP contribution in [0.4, 0.5) is 8.78 Å². The van der Waals surface area contributed by atoms with E-state index in [1.807, 2.05) is 0 Å². The van der Waals surface area contributed by atoms with Gasteiger partial charge in [0, 0.05) is 6.07 Å². The lowest BCUT2D eigenvalue weighted by atomic mass is 9.83. The standard InChI is InChI=1S/C15H16F2N2O2/c16-11-4-5-13(12(17)8-11)21-9-14(20)19-15(10-18)6-2-1-3-7-15/h4-5,8H,1-3,6-7,9H2,(H,19,20). The second kappa shape index (κ2) is 6.53. The Bertz CT molecular complexity index is 563. The zero-order valence-corrected chi connectivity index (χ0v) is 11.5. The van der Waals surface area contributed by atoms with E-state index in [1.54, 1.807) is 0 Å². The molecule has 1 saturated carbocycles. The van der Waals surface area contributed by atoms with Gasteiger partial charge in [-0.25, -0.2) is 8.78 Å². The number of nitrogens with zero attached hydrogens (tertiary/aromatic N) is 1. The molecule has 6 heteroatoms. The van der Waals surface area contributed by atoms with E-state index in [1.165, 1.54) is 0 Å². The van der Waals surface area contributed by atoms with E-state index in [4.69, 9.17) is 4.74 Å². The van der Waals surface area contributed by atoms with E-state index in [9.17, 15) is 18.8 Å². The number of nitrogens with one attached hydrogen (secondary N) is 1. The summed E-state index contributed by atoms with van der Waals surface area (Å²) in [5.41, 5.74) is -0.847. The fraction of sp³-hybridized carbons (Fsp3) is 0.467. The highest BCUT2D eigenvalue weighted by Gasteiger charge is 2.33. The Kier molecular flexibility index (Phi) is 4.73. The van der Waals surface area contributed by atoms with E-state index >= 15 is 0 Å². The monoisotopic (exact) mass is 294 g/mol. The van der Waals surface area contributed by atoms with Crippen molar-refractivity contribution in [3.8, 4) is 11.8 Å². The van der Waals surface area contributed by atoms with Crippen molar-refractivity contribution in [2.75, 3.05) is 6.61 Å². The molecule has 0 saturated heterocycles. The summed E-state index contributed by atoms with van der Waals surface area (Å²) < 4.78 is 31.1. The minimum absolute atomic E-state index is 0.193. The topological polar surface area (TPSA) is 62.1 Å².